The number of carbonyl (C=O) groups excluding carboxylic acids is 2. The molecule has 1 unspecified atom stereocenters. The first-order chi connectivity index (χ1) is 10.6. The second-order valence-electron chi connectivity index (χ2n) is 4.19. The minimum absolute atomic E-state index is 0.0891. The van der Waals surface area contributed by atoms with Gasteiger partial charge in [0.15, 0.2) is 11.8 Å². The van der Waals surface area contributed by atoms with Crippen molar-refractivity contribution in [3.05, 3.63) is 45.3 Å². The van der Waals surface area contributed by atoms with E-state index in [1.165, 1.54) is 18.4 Å². The average molecular weight is 382 g/mol. The summed E-state index contributed by atoms with van der Waals surface area (Å²) in [6, 6.07) is 5.81. The number of halogens is 1. The molecule has 0 aromatic carbocycles. The van der Waals surface area contributed by atoms with Crippen LogP contribution < -0.4 is 0 Å². The molecule has 0 fully saturated rings. The summed E-state index contributed by atoms with van der Waals surface area (Å²) in [5.41, 5.74) is 0.551. The fraction of sp³-hybridized carbons (Fsp3) is 0.214. The highest BCUT2D eigenvalue weighted by atomic mass is 79.9. The van der Waals surface area contributed by atoms with Crippen molar-refractivity contribution in [2.45, 2.75) is 12.5 Å². The highest BCUT2D eigenvalue weighted by Gasteiger charge is 2.24. The van der Waals surface area contributed by atoms with Gasteiger partial charge in [-0.15, -0.1) is 11.3 Å². The number of Topliss-reactive ketones (excluding diaryl/α,β-unsaturated/α-hetero) is 1. The molecule has 0 saturated heterocycles. The zero-order valence-electron chi connectivity index (χ0n) is 11.6. The van der Waals surface area contributed by atoms with Crippen molar-refractivity contribution in [1.29, 1.82) is 0 Å². The number of ether oxygens (including phenoxy) is 1. The number of aromatic nitrogens is 1. The van der Waals surface area contributed by atoms with Gasteiger partial charge in [0.1, 0.15) is 0 Å². The van der Waals surface area contributed by atoms with Gasteiger partial charge >= 0.3 is 5.97 Å². The number of hydrogen-bond acceptors (Lipinski definition) is 7. The van der Waals surface area contributed by atoms with Gasteiger partial charge in [0, 0.05) is 18.8 Å². The molecular formula is C14H12BrN3O3S. The maximum atomic E-state index is 12.2. The first-order valence-electron chi connectivity index (χ1n) is 6.27. The van der Waals surface area contributed by atoms with Crippen molar-refractivity contribution in [2.75, 3.05) is 7.11 Å². The third kappa shape index (κ3) is 4.54. The van der Waals surface area contributed by atoms with Gasteiger partial charge in [-0.2, -0.15) is 10.2 Å². The third-order valence-electron chi connectivity index (χ3n) is 2.68. The van der Waals surface area contributed by atoms with Crippen molar-refractivity contribution in [2.24, 2.45) is 10.2 Å². The van der Waals surface area contributed by atoms with Crippen LogP contribution in [-0.2, 0) is 9.53 Å². The SMILES string of the molecule is COC(=O)C(CC(=O)c1ccc(Br)s1)N=Nc1ccncc1. The number of methoxy groups -OCH3 is 1. The predicted molar refractivity (Wildman–Crippen MR) is 85.5 cm³/mol. The molecular weight excluding hydrogens is 370 g/mol. The molecule has 8 heteroatoms. The Bertz CT molecular complexity index is 688. The fourth-order valence-corrected chi connectivity index (χ4v) is 2.93. The molecule has 0 aliphatic rings. The smallest absolute Gasteiger partial charge is 0.333 e. The summed E-state index contributed by atoms with van der Waals surface area (Å²) >= 11 is 4.60. The maximum Gasteiger partial charge on any atom is 0.333 e. The van der Waals surface area contributed by atoms with Crippen LogP contribution in [0.5, 0.6) is 0 Å². The third-order valence-corrected chi connectivity index (χ3v) is 4.34. The van der Waals surface area contributed by atoms with E-state index in [1.54, 1.807) is 36.7 Å². The highest BCUT2D eigenvalue weighted by molar-refractivity contribution is 9.11. The highest BCUT2D eigenvalue weighted by Crippen LogP contribution is 2.24. The molecule has 22 heavy (non-hydrogen) atoms. The molecule has 1 atom stereocenters. The van der Waals surface area contributed by atoms with Crippen molar-refractivity contribution < 1.29 is 14.3 Å². The summed E-state index contributed by atoms with van der Waals surface area (Å²) in [6.07, 6.45) is 3.04. The zero-order valence-corrected chi connectivity index (χ0v) is 14.0. The molecule has 0 aliphatic carbocycles. The number of nitrogens with zero attached hydrogens (tertiary/aromatic N) is 3. The lowest BCUT2D eigenvalue weighted by Gasteiger charge is -2.07. The number of ketones is 1. The Balaban J connectivity index is 2.11. The minimum Gasteiger partial charge on any atom is -0.467 e. The van der Waals surface area contributed by atoms with E-state index < -0.39 is 12.0 Å². The lowest BCUT2D eigenvalue weighted by molar-refractivity contribution is -0.142. The Kier molecular flexibility index (Phi) is 5.91. The summed E-state index contributed by atoms with van der Waals surface area (Å²) in [5.74, 6) is -0.776. The first kappa shape index (κ1) is 16.4. The Morgan fingerprint density at radius 3 is 2.64 bits per heavy atom. The standard InChI is InChI=1S/C14H12BrN3O3S/c1-21-14(20)10(18-17-9-4-6-16-7-5-9)8-11(19)12-2-3-13(15)22-12/h2-7,10H,8H2,1H3. The van der Waals surface area contributed by atoms with Gasteiger partial charge in [-0.1, -0.05) is 0 Å². The summed E-state index contributed by atoms with van der Waals surface area (Å²) in [7, 11) is 1.25. The molecule has 2 heterocycles. The lowest BCUT2D eigenvalue weighted by Crippen LogP contribution is -2.23. The van der Waals surface area contributed by atoms with Crippen molar-refractivity contribution in [1.82, 2.24) is 4.98 Å². The van der Waals surface area contributed by atoms with E-state index in [2.05, 4.69) is 35.9 Å². The summed E-state index contributed by atoms with van der Waals surface area (Å²) in [5, 5.41) is 7.89. The number of carbonyl (C=O) groups is 2. The van der Waals surface area contributed by atoms with Gasteiger partial charge in [0.25, 0.3) is 0 Å². The van der Waals surface area contributed by atoms with Crippen LogP contribution in [0, 0.1) is 0 Å². The Labute approximate surface area is 139 Å². The molecule has 2 aromatic heterocycles. The van der Waals surface area contributed by atoms with Gasteiger partial charge < -0.3 is 4.74 Å². The predicted octanol–water partition coefficient (Wildman–Crippen LogP) is 3.80. The topological polar surface area (TPSA) is 81.0 Å². The maximum absolute atomic E-state index is 12.2. The molecule has 2 rings (SSSR count). The second kappa shape index (κ2) is 7.90. The molecule has 0 amide bonds. The van der Waals surface area contributed by atoms with Crippen molar-refractivity contribution in [3.63, 3.8) is 0 Å². The molecule has 0 saturated carbocycles. The zero-order chi connectivity index (χ0) is 15.9. The first-order valence-corrected chi connectivity index (χ1v) is 7.88. The van der Waals surface area contributed by atoms with E-state index in [9.17, 15) is 9.59 Å². The van der Waals surface area contributed by atoms with Crippen molar-refractivity contribution >= 4 is 44.7 Å². The Hall–Kier alpha value is -1.93. The van der Waals surface area contributed by atoms with Crippen LogP contribution in [0.1, 0.15) is 16.1 Å². The number of hydrogen-bond donors (Lipinski definition) is 0. The largest absolute Gasteiger partial charge is 0.467 e. The number of rotatable bonds is 6. The summed E-state index contributed by atoms with van der Waals surface area (Å²) in [4.78, 5) is 28.3. The van der Waals surface area contributed by atoms with Gasteiger partial charge in [-0.25, -0.2) is 4.79 Å². The van der Waals surface area contributed by atoms with Crippen LogP contribution in [0.15, 0.2) is 50.7 Å². The molecule has 6 nitrogen and oxygen atoms in total. The molecule has 0 bridgehead atoms. The van der Waals surface area contributed by atoms with Crippen LogP contribution in [0.25, 0.3) is 0 Å². The quantitative estimate of drug-likeness (QED) is 0.432. The number of pyridine rings is 1. The van der Waals surface area contributed by atoms with Gasteiger partial charge in [-0.05, 0) is 40.2 Å². The summed E-state index contributed by atoms with van der Waals surface area (Å²) < 4.78 is 5.53. The minimum atomic E-state index is -0.966. The van der Waals surface area contributed by atoms with Gasteiger partial charge in [-0.3, -0.25) is 9.78 Å². The monoisotopic (exact) mass is 381 g/mol. The molecule has 2 aromatic rings. The molecule has 0 radical (unpaired) electrons. The van der Waals surface area contributed by atoms with Gasteiger partial charge in [0.05, 0.1) is 21.5 Å². The summed E-state index contributed by atoms with van der Waals surface area (Å²) in [6.45, 7) is 0. The van der Waals surface area contributed by atoms with Crippen LogP contribution in [-0.4, -0.2) is 29.9 Å². The van der Waals surface area contributed by atoms with E-state index in [1.807, 2.05) is 0 Å². The second-order valence-corrected chi connectivity index (χ2v) is 6.65. The average Bonchev–Trinajstić information content (AvgIpc) is 2.98. The van der Waals surface area contributed by atoms with Crippen LogP contribution in [0.3, 0.4) is 0 Å². The van der Waals surface area contributed by atoms with E-state index >= 15 is 0 Å². The molecule has 0 aliphatic heterocycles. The number of thiophene rings is 1. The molecule has 0 N–H and O–H groups in total. The van der Waals surface area contributed by atoms with E-state index in [0.717, 1.165) is 3.79 Å². The fourth-order valence-electron chi connectivity index (χ4n) is 1.59. The van der Waals surface area contributed by atoms with Gasteiger partial charge in [0.2, 0.25) is 0 Å². The lowest BCUT2D eigenvalue weighted by atomic mass is 10.1. The Morgan fingerprint density at radius 1 is 1.32 bits per heavy atom. The van der Waals surface area contributed by atoms with Crippen LogP contribution >= 0.6 is 27.3 Å². The number of esters is 1. The van der Waals surface area contributed by atoms with E-state index in [-0.39, 0.29) is 12.2 Å². The van der Waals surface area contributed by atoms with E-state index in [0.29, 0.717) is 10.6 Å². The van der Waals surface area contributed by atoms with Crippen LogP contribution in [0.2, 0.25) is 0 Å². The Morgan fingerprint density at radius 2 is 2.05 bits per heavy atom. The van der Waals surface area contributed by atoms with E-state index in [4.69, 9.17) is 0 Å². The molecule has 114 valence electrons. The van der Waals surface area contributed by atoms with Crippen molar-refractivity contribution in [3.8, 4) is 0 Å². The van der Waals surface area contributed by atoms with Crippen LogP contribution in [0.4, 0.5) is 5.69 Å². The normalized spacial score (nSPS) is 12.3. The number of azo groups is 1. The molecule has 0 spiro atoms.